The van der Waals surface area contributed by atoms with E-state index in [4.69, 9.17) is 0 Å². The number of allylic oxidation sites excluding steroid dienone is 1. The molecule has 1 aliphatic rings. The van der Waals surface area contributed by atoms with Gasteiger partial charge in [-0.25, -0.2) is 4.79 Å². The summed E-state index contributed by atoms with van der Waals surface area (Å²) in [5.41, 5.74) is 0.583. The zero-order valence-corrected chi connectivity index (χ0v) is 6.49. The number of hydrogen-bond donors (Lipinski definition) is 0. The van der Waals surface area contributed by atoms with Crippen LogP contribution in [0, 0.1) is 0 Å². The lowest BCUT2D eigenvalue weighted by Gasteiger charge is -1.89. The maximum atomic E-state index is 10.6. The molecule has 0 aromatic heterocycles. The van der Waals surface area contributed by atoms with Gasteiger partial charge in [0.1, 0.15) is 5.76 Å². The van der Waals surface area contributed by atoms with Crippen LogP contribution in [0.15, 0.2) is 22.4 Å². The van der Waals surface area contributed by atoms with Crippen LogP contribution in [0.1, 0.15) is 6.92 Å². The zero-order chi connectivity index (χ0) is 7.02. The van der Waals surface area contributed by atoms with Crippen LogP contribution in [0.4, 0.5) is 0 Å². The predicted octanol–water partition coefficient (Wildman–Crippen LogP) is 1.73. The first-order valence-corrected chi connectivity index (χ1v) is 3.20. The van der Waals surface area contributed by atoms with Crippen molar-refractivity contribution in [1.29, 1.82) is 0 Å². The van der Waals surface area contributed by atoms with Crippen molar-refractivity contribution < 1.29 is 9.53 Å². The Hall–Kier alpha value is -0.570. The van der Waals surface area contributed by atoms with Gasteiger partial charge in [-0.15, -0.1) is 0 Å². The van der Waals surface area contributed by atoms with Crippen molar-refractivity contribution in [3.05, 3.63) is 22.4 Å². The third-order valence-corrected chi connectivity index (χ3v) is 2.13. The van der Waals surface area contributed by atoms with Crippen molar-refractivity contribution in [3.63, 3.8) is 0 Å². The van der Waals surface area contributed by atoms with Crippen molar-refractivity contribution in [2.45, 2.75) is 6.92 Å². The van der Waals surface area contributed by atoms with E-state index in [2.05, 4.69) is 27.2 Å². The highest BCUT2D eigenvalue weighted by Crippen LogP contribution is 2.28. The van der Waals surface area contributed by atoms with Crippen molar-refractivity contribution in [2.75, 3.05) is 0 Å². The van der Waals surface area contributed by atoms with Crippen molar-refractivity contribution in [2.24, 2.45) is 0 Å². The molecular weight excluding hydrogens is 184 g/mol. The highest BCUT2D eigenvalue weighted by Gasteiger charge is 2.22. The van der Waals surface area contributed by atoms with Crippen molar-refractivity contribution >= 4 is 21.9 Å². The second-order valence-electron chi connectivity index (χ2n) is 1.75. The summed E-state index contributed by atoms with van der Waals surface area (Å²) in [7, 11) is 0. The van der Waals surface area contributed by atoms with Gasteiger partial charge < -0.3 is 4.74 Å². The van der Waals surface area contributed by atoms with Crippen LogP contribution in [-0.2, 0) is 9.53 Å². The third-order valence-electron chi connectivity index (χ3n) is 1.10. The summed E-state index contributed by atoms with van der Waals surface area (Å²) in [6, 6.07) is 0. The molecule has 0 radical (unpaired) electrons. The first-order chi connectivity index (χ1) is 4.13. The normalized spacial score (nSPS) is 18.9. The summed E-state index contributed by atoms with van der Waals surface area (Å²) >= 11 is 3.14. The van der Waals surface area contributed by atoms with E-state index in [9.17, 15) is 4.79 Å². The SMILES string of the molecule is C=C1OC(=O)C(C)=C1Br. The molecule has 0 atom stereocenters. The molecule has 0 amide bonds. The topological polar surface area (TPSA) is 26.3 Å². The fourth-order valence-electron chi connectivity index (χ4n) is 0.532. The quantitative estimate of drug-likeness (QED) is 0.542. The van der Waals surface area contributed by atoms with E-state index in [1.54, 1.807) is 6.92 Å². The van der Waals surface area contributed by atoms with Crippen LogP contribution in [-0.4, -0.2) is 5.97 Å². The molecule has 0 aliphatic carbocycles. The van der Waals surface area contributed by atoms with Gasteiger partial charge in [0.2, 0.25) is 0 Å². The summed E-state index contributed by atoms with van der Waals surface area (Å²) in [6.07, 6.45) is 0. The number of cyclic esters (lactones) is 1. The van der Waals surface area contributed by atoms with Gasteiger partial charge in [0, 0.05) is 0 Å². The number of ether oxygens (including phenoxy) is 1. The van der Waals surface area contributed by atoms with Gasteiger partial charge in [0.25, 0.3) is 0 Å². The van der Waals surface area contributed by atoms with Gasteiger partial charge in [0.05, 0.1) is 10.1 Å². The minimum absolute atomic E-state index is 0.313. The molecule has 0 N–H and O–H groups in total. The van der Waals surface area contributed by atoms with E-state index in [-0.39, 0.29) is 5.97 Å². The van der Waals surface area contributed by atoms with Crippen molar-refractivity contribution in [3.8, 4) is 0 Å². The number of rotatable bonds is 0. The summed E-state index contributed by atoms with van der Waals surface area (Å²) in [4.78, 5) is 10.6. The largest absolute Gasteiger partial charge is 0.423 e. The minimum Gasteiger partial charge on any atom is -0.423 e. The highest BCUT2D eigenvalue weighted by atomic mass is 79.9. The fraction of sp³-hybridized carbons (Fsp3) is 0.167. The number of carbonyl (C=O) groups is 1. The second-order valence-corrected chi connectivity index (χ2v) is 2.54. The van der Waals surface area contributed by atoms with Crippen LogP contribution < -0.4 is 0 Å². The Morgan fingerprint density at radius 3 is 2.33 bits per heavy atom. The molecule has 0 saturated heterocycles. The maximum Gasteiger partial charge on any atom is 0.340 e. The average molecular weight is 189 g/mol. The maximum absolute atomic E-state index is 10.6. The van der Waals surface area contributed by atoms with Crippen LogP contribution in [0.25, 0.3) is 0 Å². The lowest BCUT2D eigenvalue weighted by atomic mass is 10.3. The standard InChI is InChI=1S/C6H5BrO2/c1-3-5(7)4(2)9-6(3)8/h2H2,1H3. The average Bonchev–Trinajstić information content (AvgIpc) is 1.98. The van der Waals surface area contributed by atoms with E-state index in [1.165, 1.54) is 0 Å². The molecule has 0 aromatic carbocycles. The van der Waals surface area contributed by atoms with Gasteiger partial charge in [-0.2, -0.15) is 0 Å². The first-order valence-electron chi connectivity index (χ1n) is 2.40. The molecule has 0 fully saturated rings. The molecule has 0 saturated carbocycles. The van der Waals surface area contributed by atoms with E-state index in [0.717, 1.165) is 0 Å². The summed E-state index contributed by atoms with van der Waals surface area (Å²) in [5, 5.41) is 0. The van der Waals surface area contributed by atoms with Crippen molar-refractivity contribution in [1.82, 2.24) is 0 Å². The van der Waals surface area contributed by atoms with E-state index in [0.29, 0.717) is 15.8 Å². The third kappa shape index (κ3) is 0.920. The number of halogens is 1. The zero-order valence-electron chi connectivity index (χ0n) is 4.90. The molecule has 0 unspecified atom stereocenters. The molecule has 1 rings (SSSR count). The van der Waals surface area contributed by atoms with Crippen LogP contribution in [0.3, 0.4) is 0 Å². The Kier molecular flexibility index (Phi) is 1.45. The van der Waals surface area contributed by atoms with Gasteiger partial charge in [0.15, 0.2) is 0 Å². The molecule has 3 heteroatoms. The smallest absolute Gasteiger partial charge is 0.340 e. The molecule has 0 aromatic rings. The minimum atomic E-state index is -0.313. The van der Waals surface area contributed by atoms with Gasteiger partial charge in [-0.3, -0.25) is 0 Å². The Labute approximate surface area is 61.3 Å². The van der Waals surface area contributed by atoms with E-state index in [1.807, 2.05) is 0 Å². The molecule has 0 spiro atoms. The highest BCUT2D eigenvalue weighted by molar-refractivity contribution is 9.12. The molecule has 2 nitrogen and oxygen atoms in total. The Bertz CT molecular complexity index is 193. The van der Waals surface area contributed by atoms with Crippen LogP contribution >= 0.6 is 15.9 Å². The molecule has 48 valence electrons. The summed E-state index contributed by atoms with van der Waals surface area (Å²) < 4.78 is 5.30. The Morgan fingerprint density at radius 2 is 2.22 bits per heavy atom. The van der Waals surface area contributed by atoms with Gasteiger partial charge >= 0.3 is 5.97 Å². The van der Waals surface area contributed by atoms with Crippen LogP contribution in [0.2, 0.25) is 0 Å². The first kappa shape index (κ1) is 6.55. The number of esters is 1. The number of hydrogen-bond acceptors (Lipinski definition) is 2. The van der Waals surface area contributed by atoms with E-state index >= 15 is 0 Å². The predicted molar refractivity (Wildman–Crippen MR) is 36.9 cm³/mol. The lowest BCUT2D eigenvalue weighted by molar-refractivity contribution is -0.133. The van der Waals surface area contributed by atoms with E-state index < -0.39 is 0 Å². The number of carbonyl (C=O) groups excluding carboxylic acids is 1. The van der Waals surface area contributed by atoms with Gasteiger partial charge in [-0.05, 0) is 22.9 Å². The lowest BCUT2D eigenvalue weighted by Crippen LogP contribution is -1.93. The molecule has 9 heavy (non-hydrogen) atoms. The summed E-state index contributed by atoms with van der Waals surface area (Å²) in [6.45, 7) is 5.17. The molecular formula is C6H5BrO2. The van der Waals surface area contributed by atoms with Crippen LogP contribution in [0.5, 0.6) is 0 Å². The summed E-state index contributed by atoms with van der Waals surface area (Å²) in [5.74, 6) is 0.0874. The fourth-order valence-corrected chi connectivity index (χ4v) is 0.775. The monoisotopic (exact) mass is 188 g/mol. The second kappa shape index (κ2) is 1.99. The molecule has 1 heterocycles. The molecule has 0 bridgehead atoms. The Morgan fingerprint density at radius 1 is 1.67 bits per heavy atom. The Balaban J connectivity index is 3.06. The van der Waals surface area contributed by atoms with Gasteiger partial charge in [-0.1, -0.05) is 6.58 Å². The molecule has 1 aliphatic heterocycles.